The molecule has 2 fully saturated rings. The standard InChI is InChI=1S/C19H28N2O/c1-12(2)14-4-6-15(7-5-14)17-11-18(17)19(22)21-16-8-9-20-13(3)10-16/h4-7,12-13,16-18,20H,8-11H2,1-3H3,(H,21,22). The van der Waals surface area contributed by atoms with Gasteiger partial charge in [0.15, 0.2) is 0 Å². The van der Waals surface area contributed by atoms with E-state index in [2.05, 4.69) is 55.7 Å². The topological polar surface area (TPSA) is 41.1 Å². The number of benzene rings is 1. The fourth-order valence-corrected chi connectivity index (χ4v) is 3.55. The van der Waals surface area contributed by atoms with Crippen LogP contribution < -0.4 is 10.6 Å². The minimum absolute atomic E-state index is 0.190. The highest BCUT2D eigenvalue weighted by Gasteiger charge is 2.44. The molecule has 1 saturated carbocycles. The summed E-state index contributed by atoms with van der Waals surface area (Å²) in [5.41, 5.74) is 2.69. The number of carbonyl (C=O) groups is 1. The summed E-state index contributed by atoms with van der Waals surface area (Å²) in [6, 6.07) is 9.70. The quantitative estimate of drug-likeness (QED) is 0.897. The predicted octanol–water partition coefficient (Wildman–Crippen LogP) is 3.17. The van der Waals surface area contributed by atoms with Gasteiger partial charge in [-0.15, -0.1) is 0 Å². The molecule has 4 unspecified atom stereocenters. The fourth-order valence-electron chi connectivity index (χ4n) is 3.55. The first-order chi connectivity index (χ1) is 10.5. The Bertz CT molecular complexity index is 523. The van der Waals surface area contributed by atoms with E-state index in [1.165, 1.54) is 11.1 Å². The van der Waals surface area contributed by atoms with Gasteiger partial charge in [0.25, 0.3) is 0 Å². The Morgan fingerprint density at radius 2 is 1.95 bits per heavy atom. The van der Waals surface area contributed by atoms with Gasteiger partial charge in [0.1, 0.15) is 0 Å². The van der Waals surface area contributed by atoms with Gasteiger partial charge in [-0.2, -0.15) is 0 Å². The maximum atomic E-state index is 12.4. The average molecular weight is 300 g/mol. The van der Waals surface area contributed by atoms with Gasteiger partial charge >= 0.3 is 0 Å². The van der Waals surface area contributed by atoms with E-state index >= 15 is 0 Å². The van der Waals surface area contributed by atoms with Crippen LogP contribution in [-0.4, -0.2) is 24.5 Å². The van der Waals surface area contributed by atoms with E-state index in [9.17, 15) is 4.79 Å². The number of carbonyl (C=O) groups excluding carboxylic acids is 1. The molecule has 3 heteroatoms. The molecule has 1 saturated heterocycles. The summed E-state index contributed by atoms with van der Waals surface area (Å²) in [7, 11) is 0. The summed E-state index contributed by atoms with van der Waals surface area (Å²) in [5.74, 6) is 1.45. The first-order valence-corrected chi connectivity index (χ1v) is 8.68. The summed E-state index contributed by atoms with van der Waals surface area (Å²) < 4.78 is 0. The van der Waals surface area contributed by atoms with Crippen molar-refractivity contribution >= 4 is 5.91 Å². The van der Waals surface area contributed by atoms with Gasteiger partial charge in [0, 0.05) is 18.0 Å². The molecule has 1 aliphatic heterocycles. The van der Waals surface area contributed by atoms with Gasteiger partial charge in [-0.3, -0.25) is 4.79 Å². The molecule has 1 aliphatic carbocycles. The molecule has 2 aliphatic rings. The number of piperidine rings is 1. The van der Waals surface area contributed by atoms with Crippen molar-refractivity contribution < 1.29 is 4.79 Å². The molecule has 3 rings (SSSR count). The zero-order chi connectivity index (χ0) is 15.7. The lowest BCUT2D eigenvalue weighted by Gasteiger charge is -2.28. The highest BCUT2D eigenvalue weighted by molar-refractivity contribution is 5.83. The second-order valence-corrected chi connectivity index (χ2v) is 7.36. The lowest BCUT2D eigenvalue weighted by Crippen LogP contribution is -2.47. The van der Waals surface area contributed by atoms with Crippen LogP contribution in [0.5, 0.6) is 0 Å². The van der Waals surface area contributed by atoms with Crippen molar-refractivity contribution in [3.05, 3.63) is 35.4 Å². The average Bonchev–Trinajstić information content (AvgIpc) is 3.28. The van der Waals surface area contributed by atoms with E-state index in [-0.39, 0.29) is 11.8 Å². The molecule has 22 heavy (non-hydrogen) atoms. The largest absolute Gasteiger partial charge is 0.353 e. The monoisotopic (exact) mass is 300 g/mol. The third kappa shape index (κ3) is 3.52. The number of hydrogen-bond donors (Lipinski definition) is 2. The number of nitrogens with one attached hydrogen (secondary N) is 2. The van der Waals surface area contributed by atoms with Crippen LogP contribution in [0.1, 0.15) is 63.0 Å². The molecule has 1 amide bonds. The van der Waals surface area contributed by atoms with Gasteiger partial charge in [-0.1, -0.05) is 38.1 Å². The molecule has 4 atom stereocenters. The van der Waals surface area contributed by atoms with E-state index < -0.39 is 0 Å². The molecule has 120 valence electrons. The number of hydrogen-bond acceptors (Lipinski definition) is 2. The fraction of sp³-hybridized carbons (Fsp3) is 0.632. The van der Waals surface area contributed by atoms with Crippen molar-refractivity contribution in [2.45, 2.75) is 64.0 Å². The Morgan fingerprint density at radius 3 is 2.59 bits per heavy atom. The summed E-state index contributed by atoms with van der Waals surface area (Å²) in [5, 5.41) is 6.69. The molecule has 0 bridgehead atoms. The third-order valence-electron chi connectivity index (χ3n) is 5.13. The Kier molecular flexibility index (Phi) is 4.53. The van der Waals surface area contributed by atoms with Crippen molar-refractivity contribution in [3.8, 4) is 0 Å². The molecule has 1 heterocycles. The first-order valence-electron chi connectivity index (χ1n) is 8.68. The first kappa shape index (κ1) is 15.5. The third-order valence-corrected chi connectivity index (χ3v) is 5.13. The molecule has 1 aromatic rings. The van der Waals surface area contributed by atoms with Crippen LogP contribution >= 0.6 is 0 Å². The van der Waals surface area contributed by atoms with Crippen molar-refractivity contribution in [1.82, 2.24) is 10.6 Å². The highest BCUT2D eigenvalue weighted by atomic mass is 16.2. The lowest BCUT2D eigenvalue weighted by atomic mass is 9.99. The van der Waals surface area contributed by atoms with Crippen LogP contribution in [-0.2, 0) is 4.79 Å². The van der Waals surface area contributed by atoms with Gasteiger partial charge in [-0.25, -0.2) is 0 Å². The van der Waals surface area contributed by atoms with Crippen LogP contribution in [0, 0.1) is 5.92 Å². The van der Waals surface area contributed by atoms with Crippen LogP contribution in [0.2, 0.25) is 0 Å². The number of amides is 1. The van der Waals surface area contributed by atoms with E-state index in [4.69, 9.17) is 0 Å². The van der Waals surface area contributed by atoms with Crippen LogP contribution in [0.15, 0.2) is 24.3 Å². The van der Waals surface area contributed by atoms with Crippen molar-refractivity contribution in [3.63, 3.8) is 0 Å². The molecule has 3 nitrogen and oxygen atoms in total. The SMILES string of the molecule is CC1CC(NC(=O)C2CC2c2ccc(C(C)C)cc2)CCN1. The minimum atomic E-state index is 0.190. The second kappa shape index (κ2) is 6.41. The summed E-state index contributed by atoms with van der Waals surface area (Å²) in [6.45, 7) is 7.62. The van der Waals surface area contributed by atoms with Crippen molar-refractivity contribution in [2.75, 3.05) is 6.54 Å². The Morgan fingerprint density at radius 1 is 1.23 bits per heavy atom. The summed E-state index contributed by atoms with van der Waals surface area (Å²) >= 11 is 0. The van der Waals surface area contributed by atoms with Crippen molar-refractivity contribution in [2.24, 2.45) is 5.92 Å². The maximum Gasteiger partial charge on any atom is 0.223 e. The zero-order valence-electron chi connectivity index (χ0n) is 13.9. The summed E-state index contributed by atoms with van der Waals surface area (Å²) in [6.07, 6.45) is 3.11. The lowest BCUT2D eigenvalue weighted by molar-refractivity contribution is -0.123. The summed E-state index contributed by atoms with van der Waals surface area (Å²) in [4.78, 5) is 12.4. The zero-order valence-corrected chi connectivity index (χ0v) is 13.9. The van der Waals surface area contributed by atoms with E-state index in [0.717, 1.165) is 25.8 Å². The van der Waals surface area contributed by atoms with Crippen LogP contribution in [0.25, 0.3) is 0 Å². The Hall–Kier alpha value is -1.35. The van der Waals surface area contributed by atoms with Gasteiger partial charge in [0.05, 0.1) is 0 Å². The highest BCUT2D eigenvalue weighted by Crippen LogP contribution is 2.47. The predicted molar refractivity (Wildman–Crippen MR) is 90.0 cm³/mol. The Labute approximate surface area is 133 Å². The molecule has 0 spiro atoms. The second-order valence-electron chi connectivity index (χ2n) is 7.36. The molecular weight excluding hydrogens is 272 g/mol. The molecule has 0 radical (unpaired) electrons. The maximum absolute atomic E-state index is 12.4. The molecule has 2 N–H and O–H groups in total. The normalized spacial score (nSPS) is 31.1. The number of rotatable bonds is 4. The molecular formula is C19H28N2O. The molecule has 0 aromatic heterocycles. The van der Waals surface area contributed by atoms with E-state index in [0.29, 0.717) is 23.9 Å². The molecule has 1 aromatic carbocycles. The van der Waals surface area contributed by atoms with Gasteiger partial charge < -0.3 is 10.6 Å². The van der Waals surface area contributed by atoms with E-state index in [1.54, 1.807) is 0 Å². The van der Waals surface area contributed by atoms with E-state index in [1.807, 2.05) is 0 Å². The van der Waals surface area contributed by atoms with Gasteiger partial charge in [0.2, 0.25) is 5.91 Å². The minimum Gasteiger partial charge on any atom is -0.353 e. The van der Waals surface area contributed by atoms with Crippen LogP contribution in [0.3, 0.4) is 0 Å². The smallest absolute Gasteiger partial charge is 0.223 e. The van der Waals surface area contributed by atoms with Crippen LogP contribution in [0.4, 0.5) is 0 Å². The van der Waals surface area contributed by atoms with Crippen molar-refractivity contribution in [1.29, 1.82) is 0 Å². The van der Waals surface area contributed by atoms with Gasteiger partial charge in [-0.05, 0) is 55.7 Å². The Balaban J connectivity index is 1.53.